The highest BCUT2D eigenvalue weighted by atomic mass is 16.4. The largest absolute Gasteiger partial charge is 0.481 e. The van der Waals surface area contributed by atoms with Crippen LogP contribution in [0.25, 0.3) is 10.9 Å². The van der Waals surface area contributed by atoms with Crippen LogP contribution < -0.4 is 5.32 Å². The van der Waals surface area contributed by atoms with E-state index in [0.29, 0.717) is 5.56 Å². The van der Waals surface area contributed by atoms with Crippen molar-refractivity contribution in [3.8, 4) is 0 Å². The highest BCUT2D eigenvalue weighted by Gasteiger charge is 2.22. The number of carbonyl (C=O) groups excluding carboxylic acids is 1. The number of rotatable bonds is 5. The van der Waals surface area contributed by atoms with Crippen molar-refractivity contribution in [3.05, 3.63) is 36.0 Å². The number of aromatic nitrogens is 1. The summed E-state index contributed by atoms with van der Waals surface area (Å²) in [6.45, 7) is 3.79. The molecular weight excluding hydrogens is 256 g/mol. The van der Waals surface area contributed by atoms with E-state index in [0.717, 1.165) is 10.9 Å². The first-order chi connectivity index (χ1) is 9.49. The van der Waals surface area contributed by atoms with Gasteiger partial charge in [0.25, 0.3) is 5.91 Å². The van der Waals surface area contributed by atoms with Gasteiger partial charge in [-0.05, 0) is 29.5 Å². The Morgan fingerprint density at radius 3 is 2.70 bits per heavy atom. The van der Waals surface area contributed by atoms with Crippen LogP contribution in [0.2, 0.25) is 0 Å². The molecule has 1 amide bonds. The number of hydrogen-bond donors (Lipinski definition) is 3. The zero-order chi connectivity index (χ0) is 14.7. The number of H-pyrrole nitrogens is 1. The van der Waals surface area contributed by atoms with Crippen molar-refractivity contribution in [2.75, 3.05) is 6.54 Å². The van der Waals surface area contributed by atoms with Crippen LogP contribution in [0.3, 0.4) is 0 Å². The summed E-state index contributed by atoms with van der Waals surface area (Å²) < 4.78 is 0. The number of amides is 1. The molecule has 5 nitrogen and oxygen atoms in total. The van der Waals surface area contributed by atoms with Crippen LogP contribution in [-0.4, -0.2) is 28.5 Å². The molecule has 0 bridgehead atoms. The molecule has 0 radical (unpaired) electrons. The minimum absolute atomic E-state index is 0.0290. The van der Waals surface area contributed by atoms with Crippen LogP contribution in [0.15, 0.2) is 30.5 Å². The van der Waals surface area contributed by atoms with E-state index >= 15 is 0 Å². The summed E-state index contributed by atoms with van der Waals surface area (Å²) >= 11 is 0. The maximum Gasteiger partial charge on any atom is 0.308 e. The van der Waals surface area contributed by atoms with E-state index in [9.17, 15) is 9.59 Å². The monoisotopic (exact) mass is 274 g/mol. The van der Waals surface area contributed by atoms with Gasteiger partial charge < -0.3 is 15.4 Å². The smallest absolute Gasteiger partial charge is 0.308 e. The fourth-order valence-corrected chi connectivity index (χ4v) is 2.10. The van der Waals surface area contributed by atoms with Crippen molar-refractivity contribution in [1.29, 1.82) is 0 Å². The Morgan fingerprint density at radius 2 is 2.05 bits per heavy atom. The van der Waals surface area contributed by atoms with Crippen molar-refractivity contribution < 1.29 is 14.7 Å². The topological polar surface area (TPSA) is 82.2 Å². The summed E-state index contributed by atoms with van der Waals surface area (Å²) in [6.07, 6.45) is 1.81. The Balaban J connectivity index is 2.05. The summed E-state index contributed by atoms with van der Waals surface area (Å²) in [5.41, 5.74) is 1.41. The number of carboxylic acid groups (broad SMARTS) is 1. The van der Waals surface area contributed by atoms with Gasteiger partial charge in [0, 0.05) is 23.8 Å². The molecule has 0 aliphatic rings. The first kappa shape index (κ1) is 14.1. The van der Waals surface area contributed by atoms with Crippen LogP contribution >= 0.6 is 0 Å². The molecule has 1 unspecified atom stereocenters. The van der Waals surface area contributed by atoms with Gasteiger partial charge in [-0.2, -0.15) is 0 Å². The number of benzene rings is 1. The molecule has 0 spiro atoms. The maximum atomic E-state index is 12.0. The molecule has 0 aliphatic heterocycles. The van der Waals surface area contributed by atoms with Gasteiger partial charge in [0.2, 0.25) is 0 Å². The van der Waals surface area contributed by atoms with E-state index in [-0.39, 0.29) is 18.4 Å². The van der Waals surface area contributed by atoms with E-state index in [1.807, 2.05) is 32.2 Å². The van der Waals surface area contributed by atoms with Gasteiger partial charge in [-0.15, -0.1) is 0 Å². The Morgan fingerprint density at radius 1 is 1.30 bits per heavy atom. The fourth-order valence-electron chi connectivity index (χ4n) is 2.10. The second-order valence-electron chi connectivity index (χ2n) is 5.18. The quantitative estimate of drug-likeness (QED) is 0.782. The molecule has 0 saturated heterocycles. The normalized spacial score (nSPS) is 12.6. The second-order valence-corrected chi connectivity index (χ2v) is 5.18. The first-order valence-corrected chi connectivity index (χ1v) is 6.57. The van der Waals surface area contributed by atoms with E-state index in [4.69, 9.17) is 5.11 Å². The van der Waals surface area contributed by atoms with Gasteiger partial charge in [0.15, 0.2) is 0 Å². The highest BCUT2D eigenvalue weighted by Crippen LogP contribution is 2.15. The molecule has 3 N–H and O–H groups in total. The number of aromatic amines is 1. The molecule has 0 aliphatic carbocycles. The Labute approximate surface area is 117 Å². The van der Waals surface area contributed by atoms with Crippen LogP contribution in [0.4, 0.5) is 0 Å². The average molecular weight is 274 g/mol. The maximum absolute atomic E-state index is 12.0. The molecule has 2 aromatic rings. The van der Waals surface area contributed by atoms with E-state index in [2.05, 4.69) is 10.3 Å². The van der Waals surface area contributed by atoms with Crippen LogP contribution in [0.5, 0.6) is 0 Å². The summed E-state index contributed by atoms with van der Waals surface area (Å²) in [6, 6.07) is 7.28. The third kappa shape index (κ3) is 2.99. The van der Waals surface area contributed by atoms with Gasteiger partial charge in [-0.1, -0.05) is 19.9 Å². The van der Waals surface area contributed by atoms with Crippen molar-refractivity contribution >= 4 is 22.8 Å². The molecule has 106 valence electrons. The number of carbonyl (C=O) groups is 2. The lowest BCUT2D eigenvalue weighted by atomic mass is 9.96. The first-order valence-electron chi connectivity index (χ1n) is 6.57. The number of aliphatic carboxylic acids is 1. The van der Waals surface area contributed by atoms with Crippen molar-refractivity contribution in [3.63, 3.8) is 0 Å². The summed E-state index contributed by atoms with van der Waals surface area (Å²) in [5.74, 6) is -1.75. The molecular formula is C15H18N2O3. The molecule has 1 aromatic heterocycles. The lowest BCUT2D eigenvalue weighted by Crippen LogP contribution is -2.35. The molecule has 0 fully saturated rings. The molecule has 1 atom stereocenters. The average Bonchev–Trinajstić information content (AvgIpc) is 2.84. The predicted octanol–water partition coefficient (Wildman–Crippen LogP) is 2.25. The lowest BCUT2D eigenvalue weighted by molar-refractivity contribution is -0.142. The van der Waals surface area contributed by atoms with Gasteiger partial charge >= 0.3 is 5.97 Å². The summed E-state index contributed by atoms with van der Waals surface area (Å²) in [4.78, 5) is 26.2. The third-order valence-electron chi connectivity index (χ3n) is 3.42. The van der Waals surface area contributed by atoms with Crippen LogP contribution in [-0.2, 0) is 4.79 Å². The Kier molecular flexibility index (Phi) is 4.08. The van der Waals surface area contributed by atoms with Crippen LogP contribution in [0.1, 0.15) is 24.2 Å². The number of fused-ring (bicyclic) bond motifs is 1. The molecule has 2 rings (SSSR count). The zero-order valence-electron chi connectivity index (χ0n) is 11.5. The molecule has 1 aromatic carbocycles. The SMILES string of the molecule is CC(C)C(CNC(=O)c1ccc2cc[nH]c2c1)C(=O)O. The number of carboxylic acids is 1. The minimum Gasteiger partial charge on any atom is -0.481 e. The summed E-state index contributed by atoms with van der Waals surface area (Å²) in [5, 5.41) is 12.8. The fraction of sp³-hybridized carbons (Fsp3) is 0.333. The standard InChI is InChI=1S/C15H18N2O3/c1-9(2)12(15(19)20)8-17-14(18)11-4-3-10-5-6-16-13(10)7-11/h3-7,9,12,16H,8H2,1-2H3,(H,17,18)(H,19,20). The van der Waals surface area contributed by atoms with E-state index in [1.54, 1.807) is 12.1 Å². The van der Waals surface area contributed by atoms with E-state index in [1.165, 1.54) is 0 Å². The lowest BCUT2D eigenvalue weighted by Gasteiger charge is -2.16. The van der Waals surface area contributed by atoms with Crippen molar-refractivity contribution in [2.24, 2.45) is 11.8 Å². The third-order valence-corrected chi connectivity index (χ3v) is 3.42. The van der Waals surface area contributed by atoms with Crippen LogP contribution in [0, 0.1) is 11.8 Å². The highest BCUT2D eigenvalue weighted by molar-refractivity contribution is 5.98. The number of hydrogen-bond acceptors (Lipinski definition) is 2. The van der Waals surface area contributed by atoms with Gasteiger partial charge in [0.1, 0.15) is 0 Å². The molecule has 5 heteroatoms. The Bertz CT molecular complexity index is 631. The number of nitrogens with one attached hydrogen (secondary N) is 2. The predicted molar refractivity (Wildman–Crippen MR) is 76.6 cm³/mol. The molecule has 20 heavy (non-hydrogen) atoms. The summed E-state index contributed by atoms with van der Waals surface area (Å²) in [7, 11) is 0. The van der Waals surface area contributed by atoms with Gasteiger partial charge in [0.05, 0.1) is 5.92 Å². The minimum atomic E-state index is -0.889. The van der Waals surface area contributed by atoms with Gasteiger partial charge in [-0.3, -0.25) is 9.59 Å². The van der Waals surface area contributed by atoms with Crippen molar-refractivity contribution in [1.82, 2.24) is 10.3 Å². The molecule has 1 heterocycles. The van der Waals surface area contributed by atoms with E-state index < -0.39 is 11.9 Å². The molecule has 0 saturated carbocycles. The van der Waals surface area contributed by atoms with Gasteiger partial charge in [-0.25, -0.2) is 0 Å². The zero-order valence-corrected chi connectivity index (χ0v) is 11.5. The second kappa shape index (κ2) is 5.77. The van der Waals surface area contributed by atoms with Crippen molar-refractivity contribution in [2.45, 2.75) is 13.8 Å². The Hall–Kier alpha value is -2.30.